The zero-order chi connectivity index (χ0) is 13.1. The molecule has 0 bridgehead atoms. The van der Waals surface area contributed by atoms with E-state index >= 15 is 0 Å². The molecule has 2 atom stereocenters. The van der Waals surface area contributed by atoms with E-state index in [1.807, 2.05) is 20.8 Å². The lowest BCUT2D eigenvalue weighted by atomic mass is 9.96. The number of carbonyl (C=O) groups is 2. The van der Waals surface area contributed by atoms with Gasteiger partial charge in [0.05, 0.1) is 18.4 Å². The minimum atomic E-state index is -0.510. The second-order valence-electron chi connectivity index (χ2n) is 5.04. The Morgan fingerprint density at radius 3 is 2.18 bits per heavy atom. The van der Waals surface area contributed by atoms with Crippen LogP contribution in [-0.2, 0) is 19.1 Å². The predicted octanol–water partition coefficient (Wildman–Crippen LogP) is 1.87. The summed E-state index contributed by atoms with van der Waals surface area (Å²) in [6, 6.07) is 0. The molecule has 1 fully saturated rings. The predicted molar refractivity (Wildman–Crippen MR) is 66.8 cm³/mol. The minimum absolute atomic E-state index is 0.284. The fourth-order valence-corrected chi connectivity index (χ4v) is 3.03. The van der Waals surface area contributed by atoms with Crippen LogP contribution in [0.3, 0.4) is 0 Å². The molecule has 4 nitrogen and oxygen atoms in total. The Labute approximate surface area is 106 Å². The van der Waals surface area contributed by atoms with Gasteiger partial charge < -0.3 is 9.47 Å². The van der Waals surface area contributed by atoms with E-state index < -0.39 is 5.60 Å². The molecule has 0 spiro atoms. The van der Waals surface area contributed by atoms with Crippen molar-refractivity contribution in [1.29, 1.82) is 0 Å². The van der Waals surface area contributed by atoms with Crippen LogP contribution in [0.5, 0.6) is 0 Å². The Balaban J connectivity index is 2.63. The van der Waals surface area contributed by atoms with Crippen molar-refractivity contribution in [2.24, 2.45) is 11.8 Å². The smallest absolute Gasteiger partial charge is 0.311 e. The van der Waals surface area contributed by atoms with Crippen molar-refractivity contribution in [3.63, 3.8) is 0 Å². The van der Waals surface area contributed by atoms with Gasteiger partial charge in [-0.1, -0.05) is 0 Å². The van der Waals surface area contributed by atoms with Crippen LogP contribution in [0.15, 0.2) is 0 Å². The van der Waals surface area contributed by atoms with E-state index in [0.29, 0.717) is 18.1 Å². The maximum atomic E-state index is 11.9. The van der Waals surface area contributed by atoms with Crippen molar-refractivity contribution in [3.05, 3.63) is 0 Å². The quantitative estimate of drug-likeness (QED) is 0.725. The summed E-state index contributed by atoms with van der Waals surface area (Å²) in [6.45, 7) is 7.59. The highest BCUT2D eigenvalue weighted by molar-refractivity contribution is 7.99. The average Bonchev–Trinajstić information content (AvgIpc) is 2.63. The first-order chi connectivity index (χ1) is 7.85. The van der Waals surface area contributed by atoms with Crippen molar-refractivity contribution in [2.75, 3.05) is 18.1 Å². The highest BCUT2D eigenvalue weighted by Gasteiger charge is 2.41. The van der Waals surface area contributed by atoms with E-state index in [0.717, 1.165) is 0 Å². The third kappa shape index (κ3) is 4.22. The number of carbonyl (C=O) groups excluding carboxylic acids is 2. The molecule has 1 aliphatic rings. The van der Waals surface area contributed by atoms with Crippen LogP contribution in [0.2, 0.25) is 0 Å². The van der Waals surface area contributed by atoms with Crippen molar-refractivity contribution in [2.45, 2.75) is 33.3 Å². The third-order valence-electron chi connectivity index (χ3n) is 2.38. The first-order valence-corrected chi connectivity index (χ1v) is 6.98. The van der Waals surface area contributed by atoms with Gasteiger partial charge in [-0.2, -0.15) is 11.8 Å². The summed E-state index contributed by atoms with van der Waals surface area (Å²) in [4.78, 5) is 23.6. The van der Waals surface area contributed by atoms with Crippen LogP contribution in [0.25, 0.3) is 0 Å². The molecule has 0 N–H and O–H groups in total. The van der Waals surface area contributed by atoms with Gasteiger partial charge >= 0.3 is 11.9 Å². The SMILES string of the molecule is CCOC(=O)[C@H]1CSC[C@@H]1C(=O)OC(C)(C)C. The molecule has 0 saturated carbocycles. The van der Waals surface area contributed by atoms with Gasteiger partial charge in [0.1, 0.15) is 5.60 Å². The summed E-state index contributed by atoms with van der Waals surface area (Å²) in [5.74, 6) is -0.0109. The second-order valence-corrected chi connectivity index (χ2v) is 6.11. The van der Waals surface area contributed by atoms with E-state index in [4.69, 9.17) is 9.47 Å². The number of hydrogen-bond acceptors (Lipinski definition) is 5. The molecule has 17 heavy (non-hydrogen) atoms. The molecule has 0 aliphatic carbocycles. The summed E-state index contributed by atoms with van der Waals surface area (Å²) in [5, 5.41) is 0. The third-order valence-corrected chi connectivity index (χ3v) is 3.57. The summed E-state index contributed by atoms with van der Waals surface area (Å²) in [5.41, 5.74) is -0.510. The molecule has 0 unspecified atom stereocenters. The molecular formula is C12H20O4S. The highest BCUT2D eigenvalue weighted by atomic mass is 32.2. The molecular weight excluding hydrogens is 240 g/mol. The molecule has 1 aliphatic heterocycles. The highest BCUT2D eigenvalue weighted by Crippen LogP contribution is 2.32. The molecule has 0 aromatic rings. The van der Waals surface area contributed by atoms with Gasteiger partial charge in [-0.15, -0.1) is 0 Å². The molecule has 98 valence electrons. The minimum Gasteiger partial charge on any atom is -0.466 e. The Bertz CT molecular complexity index is 295. The lowest BCUT2D eigenvalue weighted by Crippen LogP contribution is -2.35. The van der Waals surface area contributed by atoms with Gasteiger partial charge in [0.2, 0.25) is 0 Å². The van der Waals surface area contributed by atoms with E-state index in [1.165, 1.54) is 0 Å². The molecule has 0 aromatic carbocycles. The molecule has 5 heteroatoms. The van der Waals surface area contributed by atoms with Gasteiger partial charge in [-0.05, 0) is 27.7 Å². The molecule has 0 amide bonds. The van der Waals surface area contributed by atoms with Gasteiger partial charge in [-0.25, -0.2) is 0 Å². The Morgan fingerprint density at radius 2 is 1.71 bits per heavy atom. The molecule has 0 radical (unpaired) electrons. The lowest BCUT2D eigenvalue weighted by molar-refractivity contribution is -0.165. The van der Waals surface area contributed by atoms with Crippen LogP contribution >= 0.6 is 11.8 Å². The monoisotopic (exact) mass is 260 g/mol. The largest absolute Gasteiger partial charge is 0.466 e. The average molecular weight is 260 g/mol. The summed E-state index contributed by atoms with van der Waals surface area (Å²) in [6.07, 6.45) is 0. The van der Waals surface area contributed by atoms with E-state index in [-0.39, 0.29) is 23.8 Å². The zero-order valence-corrected chi connectivity index (χ0v) is 11.6. The van der Waals surface area contributed by atoms with Crippen molar-refractivity contribution < 1.29 is 19.1 Å². The number of ether oxygens (including phenoxy) is 2. The zero-order valence-electron chi connectivity index (χ0n) is 10.8. The molecule has 1 saturated heterocycles. The van der Waals surface area contributed by atoms with Crippen LogP contribution in [0, 0.1) is 11.8 Å². The van der Waals surface area contributed by atoms with E-state index in [2.05, 4.69) is 0 Å². The fraction of sp³-hybridized carbons (Fsp3) is 0.833. The van der Waals surface area contributed by atoms with Gasteiger partial charge in [0.15, 0.2) is 0 Å². The number of hydrogen-bond donors (Lipinski definition) is 0. The number of rotatable bonds is 3. The van der Waals surface area contributed by atoms with Gasteiger partial charge in [0, 0.05) is 11.5 Å². The number of esters is 2. The molecule has 1 heterocycles. The maximum absolute atomic E-state index is 11.9. The van der Waals surface area contributed by atoms with Crippen LogP contribution in [0.4, 0.5) is 0 Å². The molecule has 1 rings (SSSR count). The Hall–Kier alpha value is -0.710. The van der Waals surface area contributed by atoms with Crippen LogP contribution < -0.4 is 0 Å². The normalized spacial score (nSPS) is 24.5. The van der Waals surface area contributed by atoms with E-state index in [9.17, 15) is 9.59 Å². The maximum Gasteiger partial charge on any atom is 0.311 e. The Kier molecular flexibility index (Phi) is 4.86. The first kappa shape index (κ1) is 14.4. The van der Waals surface area contributed by atoms with Gasteiger partial charge in [0.25, 0.3) is 0 Å². The Morgan fingerprint density at radius 1 is 1.18 bits per heavy atom. The summed E-state index contributed by atoms with van der Waals surface area (Å²) in [7, 11) is 0. The molecule has 0 aromatic heterocycles. The van der Waals surface area contributed by atoms with Crippen LogP contribution in [0.1, 0.15) is 27.7 Å². The van der Waals surface area contributed by atoms with Crippen molar-refractivity contribution in [3.8, 4) is 0 Å². The number of thioether (sulfide) groups is 1. The van der Waals surface area contributed by atoms with Crippen LogP contribution in [-0.4, -0.2) is 35.7 Å². The second kappa shape index (κ2) is 5.76. The van der Waals surface area contributed by atoms with E-state index in [1.54, 1.807) is 18.7 Å². The fourth-order valence-electron chi connectivity index (χ4n) is 1.65. The topological polar surface area (TPSA) is 52.6 Å². The first-order valence-electron chi connectivity index (χ1n) is 5.82. The van der Waals surface area contributed by atoms with Crippen molar-refractivity contribution in [1.82, 2.24) is 0 Å². The van der Waals surface area contributed by atoms with Crippen molar-refractivity contribution >= 4 is 23.7 Å². The summed E-state index contributed by atoms with van der Waals surface area (Å²) >= 11 is 1.60. The standard InChI is InChI=1S/C12H20O4S/c1-5-15-10(13)8-6-17-7-9(8)11(14)16-12(2,3)4/h8-9H,5-7H2,1-4H3/t8-,9-/m0/s1. The lowest BCUT2D eigenvalue weighted by Gasteiger charge is -2.23. The summed E-state index contributed by atoms with van der Waals surface area (Å²) < 4.78 is 10.3. The van der Waals surface area contributed by atoms with Gasteiger partial charge in [-0.3, -0.25) is 9.59 Å².